The van der Waals surface area contributed by atoms with Crippen LogP contribution in [0.15, 0.2) is 63.8 Å². The number of ether oxygens (including phenoxy) is 1. The third-order valence-corrected chi connectivity index (χ3v) is 5.45. The zero-order chi connectivity index (χ0) is 22.8. The van der Waals surface area contributed by atoms with E-state index < -0.39 is 5.91 Å². The number of aliphatic imine (C=N–C) groups is 2. The summed E-state index contributed by atoms with van der Waals surface area (Å²) in [7, 11) is 1.68. The van der Waals surface area contributed by atoms with Crippen molar-refractivity contribution in [2.75, 3.05) is 38.6 Å². The average molecular weight is 447 g/mol. The Morgan fingerprint density at radius 3 is 2.85 bits per heavy atom. The average Bonchev–Trinajstić information content (AvgIpc) is 3.57. The molecule has 168 valence electrons. The van der Waals surface area contributed by atoms with Crippen molar-refractivity contribution < 1.29 is 18.9 Å². The Balaban J connectivity index is 1.31. The molecule has 2 amide bonds. The standard InChI is InChI=1S/C22H22N8O3/c1-29-19(15(11-25-29)20(31)24-12-18-23-8-10-33-18)21(32)27-17-7-9-30-13-16(26-22(30)28-17)14-5-3-2-4-6-14/h2-7,9,25H,8,10-13H2,1H3,(H,24,31)/p+1. The van der Waals surface area contributed by atoms with E-state index in [1.165, 1.54) is 5.01 Å². The number of hydrazine groups is 1. The number of hydrogen-bond donors (Lipinski definition) is 3. The second-order valence-corrected chi connectivity index (χ2v) is 7.65. The molecule has 5 rings (SSSR count). The SMILES string of the molecule is CN1NCC(C(=O)NCC2=NCCO2)=C1C(=O)Nc1cc[n+]2c(n1)N=C(c1ccccc1)C2. The molecule has 1 aromatic heterocycles. The summed E-state index contributed by atoms with van der Waals surface area (Å²) in [6.45, 7) is 2.14. The molecule has 1 aromatic carbocycles. The summed E-state index contributed by atoms with van der Waals surface area (Å²) in [6.07, 6.45) is 1.83. The lowest BCUT2D eigenvalue weighted by Gasteiger charge is -2.15. The minimum atomic E-state index is -0.440. The van der Waals surface area contributed by atoms with Crippen LogP contribution < -0.4 is 20.6 Å². The highest BCUT2D eigenvalue weighted by atomic mass is 16.5. The summed E-state index contributed by atoms with van der Waals surface area (Å²) in [5.41, 5.74) is 5.48. The number of fused-ring (bicyclic) bond motifs is 1. The van der Waals surface area contributed by atoms with Gasteiger partial charge in [0.25, 0.3) is 11.8 Å². The molecule has 0 atom stereocenters. The van der Waals surface area contributed by atoms with Gasteiger partial charge in [0.15, 0.2) is 5.71 Å². The van der Waals surface area contributed by atoms with Crippen molar-refractivity contribution in [2.45, 2.75) is 6.54 Å². The van der Waals surface area contributed by atoms with E-state index in [9.17, 15) is 9.59 Å². The van der Waals surface area contributed by atoms with Gasteiger partial charge in [-0.2, -0.15) is 0 Å². The second kappa shape index (κ2) is 8.79. The van der Waals surface area contributed by atoms with Crippen LogP contribution in [-0.4, -0.2) is 66.7 Å². The van der Waals surface area contributed by atoms with Gasteiger partial charge in [-0.1, -0.05) is 35.3 Å². The molecule has 33 heavy (non-hydrogen) atoms. The Bertz CT molecular complexity index is 1210. The van der Waals surface area contributed by atoms with Gasteiger partial charge in [0.2, 0.25) is 11.7 Å². The molecule has 11 heteroatoms. The van der Waals surface area contributed by atoms with Gasteiger partial charge in [-0.3, -0.25) is 19.9 Å². The smallest absolute Gasteiger partial charge is 0.435 e. The van der Waals surface area contributed by atoms with Gasteiger partial charge in [0.1, 0.15) is 18.8 Å². The number of nitrogens with zero attached hydrogens (tertiary/aromatic N) is 5. The van der Waals surface area contributed by atoms with E-state index in [4.69, 9.17) is 4.74 Å². The van der Waals surface area contributed by atoms with Gasteiger partial charge < -0.3 is 15.1 Å². The van der Waals surface area contributed by atoms with Crippen molar-refractivity contribution in [2.24, 2.45) is 9.98 Å². The lowest BCUT2D eigenvalue weighted by molar-refractivity contribution is -0.666. The molecule has 0 aliphatic carbocycles. The fourth-order valence-corrected chi connectivity index (χ4v) is 3.79. The van der Waals surface area contributed by atoms with Gasteiger partial charge >= 0.3 is 5.95 Å². The first-order valence-corrected chi connectivity index (χ1v) is 10.6. The fourth-order valence-electron chi connectivity index (χ4n) is 3.79. The fraction of sp³-hybridized carbons (Fsp3) is 0.273. The van der Waals surface area contributed by atoms with E-state index in [-0.39, 0.29) is 24.7 Å². The maximum Gasteiger partial charge on any atom is 0.435 e. The second-order valence-electron chi connectivity index (χ2n) is 7.65. The summed E-state index contributed by atoms with van der Waals surface area (Å²) < 4.78 is 7.22. The van der Waals surface area contributed by atoms with Crippen LogP contribution in [0, 0.1) is 0 Å². The topological polar surface area (TPSA) is 124 Å². The highest BCUT2D eigenvalue weighted by Crippen LogP contribution is 2.19. The molecular formula is C22H23N8O3+. The number of carbonyl (C=O) groups is 2. The molecule has 0 spiro atoms. The number of rotatable bonds is 6. The molecule has 3 N–H and O–H groups in total. The minimum Gasteiger partial charge on any atom is -0.478 e. The molecule has 2 aromatic rings. The van der Waals surface area contributed by atoms with Crippen LogP contribution in [-0.2, 0) is 20.9 Å². The monoisotopic (exact) mass is 447 g/mol. The Kier molecular flexibility index (Phi) is 5.53. The van der Waals surface area contributed by atoms with E-state index >= 15 is 0 Å². The van der Waals surface area contributed by atoms with Crippen LogP contribution >= 0.6 is 0 Å². The minimum absolute atomic E-state index is 0.187. The number of aromatic nitrogens is 2. The van der Waals surface area contributed by atoms with Crippen LogP contribution in [0.2, 0.25) is 0 Å². The highest BCUT2D eigenvalue weighted by Gasteiger charge is 2.31. The van der Waals surface area contributed by atoms with Crippen molar-refractivity contribution in [1.82, 2.24) is 20.7 Å². The summed E-state index contributed by atoms with van der Waals surface area (Å²) >= 11 is 0. The van der Waals surface area contributed by atoms with Crippen LogP contribution in [0.3, 0.4) is 0 Å². The van der Waals surface area contributed by atoms with Crippen LogP contribution in [0.4, 0.5) is 11.8 Å². The zero-order valence-electron chi connectivity index (χ0n) is 18.0. The first-order valence-electron chi connectivity index (χ1n) is 10.6. The molecule has 0 radical (unpaired) electrons. The summed E-state index contributed by atoms with van der Waals surface area (Å²) in [4.78, 5) is 38.9. The largest absolute Gasteiger partial charge is 0.478 e. The number of benzene rings is 1. The molecule has 3 aliphatic rings. The van der Waals surface area contributed by atoms with E-state index in [2.05, 4.69) is 31.0 Å². The molecule has 0 fully saturated rings. The molecular weight excluding hydrogens is 424 g/mol. The first-order chi connectivity index (χ1) is 16.1. The van der Waals surface area contributed by atoms with Gasteiger partial charge in [-0.15, -0.1) is 0 Å². The molecule has 11 nitrogen and oxygen atoms in total. The van der Waals surface area contributed by atoms with Gasteiger partial charge in [-0.25, -0.2) is 9.99 Å². The summed E-state index contributed by atoms with van der Waals surface area (Å²) in [6, 6.07) is 11.6. The predicted molar refractivity (Wildman–Crippen MR) is 120 cm³/mol. The van der Waals surface area contributed by atoms with Crippen LogP contribution in [0.25, 0.3) is 0 Å². The van der Waals surface area contributed by atoms with Gasteiger partial charge in [0, 0.05) is 25.2 Å². The zero-order valence-corrected chi connectivity index (χ0v) is 18.0. The number of hydrogen-bond acceptors (Lipinski definition) is 8. The summed E-state index contributed by atoms with van der Waals surface area (Å²) in [5.74, 6) is 0.554. The predicted octanol–water partition coefficient (Wildman–Crippen LogP) is -0.309. The highest BCUT2D eigenvalue weighted by molar-refractivity contribution is 6.10. The van der Waals surface area contributed by atoms with Crippen molar-refractivity contribution in [3.05, 3.63) is 59.4 Å². The Morgan fingerprint density at radius 2 is 2.06 bits per heavy atom. The van der Waals surface area contributed by atoms with E-state index in [1.807, 2.05) is 41.1 Å². The summed E-state index contributed by atoms with van der Waals surface area (Å²) in [5, 5.41) is 7.06. The molecule has 0 unspecified atom stereocenters. The maximum absolute atomic E-state index is 13.0. The lowest BCUT2D eigenvalue weighted by Crippen LogP contribution is -2.35. The van der Waals surface area contributed by atoms with Crippen LogP contribution in [0.1, 0.15) is 5.56 Å². The Labute approximate surface area is 189 Å². The van der Waals surface area contributed by atoms with E-state index in [1.54, 1.807) is 13.1 Å². The van der Waals surface area contributed by atoms with Crippen molar-refractivity contribution in [3.8, 4) is 0 Å². The molecule has 0 bridgehead atoms. The molecule has 4 heterocycles. The maximum atomic E-state index is 13.0. The quantitative estimate of drug-likeness (QED) is 0.522. The molecule has 3 aliphatic heterocycles. The number of carbonyl (C=O) groups excluding carboxylic acids is 2. The van der Waals surface area contributed by atoms with E-state index in [0.717, 1.165) is 11.3 Å². The third kappa shape index (κ3) is 4.30. The number of nitrogens with one attached hydrogen (secondary N) is 3. The van der Waals surface area contributed by atoms with Crippen molar-refractivity contribution in [3.63, 3.8) is 0 Å². The Morgan fingerprint density at radius 1 is 1.21 bits per heavy atom. The first kappa shape index (κ1) is 20.8. The normalized spacial score (nSPS) is 16.8. The van der Waals surface area contributed by atoms with Crippen molar-refractivity contribution in [1.29, 1.82) is 0 Å². The van der Waals surface area contributed by atoms with Crippen molar-refractivity contribution >= 4 is 35.2 Å². The van der Waals surface area contributed by atoms with Crippen LogP contribution in [0.5, 0.6) is 0 Å². The van der Waals surface area contributed by atoms with Gasteiger partial charge in [0.05, 0.1) is 24.9 Å². The number of likely N-dealkylation sites (N-methyl/N-ethyl adjacent to an activating group) is 1. The molecule has 0 saturated carbocycles. The van der Waals surface area contributed by atoms with E-state index in [0.29, 0.717) is 42.9 Å². The lowest BCUT2D eigenvalue weighted by atomic mass is 10.1. The number of anilines is 1. The Hall–Kier alpha value is -4.12. The van der Waals surface area contributed by atoms with Gasteiger partial charge in [-0.05, 0) is 4.98 Å². The molecule has 0 saturated heterocycles. The number of amides is 2. The third-order valence-electron chi connectivity index (χ3n) is 5.45.